The first kappa shape index (κ1) is 18.5. The Labute approximate surface area is 153 Å². The molecule has 0 aliphatic rings. The largest absolute Gasteiger partial charge is 0.331 e. The fourth-order valence-electron chi connectivity index (χ4n) is 1.88. The van der Waals surface area contributed by atoms with E-state index in [9.17, 15) is 13.2 Å². The standard InChI is InChI=1S/C15H14BrN3O3S2/c16-12-9-11(24(17,21)22)6-7-13(12)18-15(23)19-14(20)8-10-4-2-1-3-5-10/h1-7,9H,8H2,(H2,17,21,22)(H2,18,19,20,23). The molecule has 0 atom stereocenters. The fraction of sp³-hybridized carbons (Fsp3) is 0.0667. The summed E-state index contributed by atoms with van der Waals surface area (Å²) >= 11 is 8.32. The van der Waals surface area contributed by atoms with E-state index in [1.807, 2.05) is 30.3 Å². The molecule has 126 valence electrons. The zero-order chi connectivity index (χ0) is 17.7. The van der Waals surface area contributed by atoms with E-state index >= 15 is 0 Å². The third kappa shape index (κ3) is 5.38. The van der Waals surface area contributed by atoms with Gasteiger partial charge in [0, 0.05) is 4.47 Å². The second-order valence-electron chi connectivity index (χ2n) is 4.85. The summed E-state index contributed by atoms with van der Waals surface area (Å²) in [5.41, 5.74) is 1.38. The Morgan fingerprint density at radius 1 is 1.17 bits per heavy atom. The Bertz CT molecular complexity index is 871. The maximum Gasteiger partial charge on any atom is 0.238 e. The molecule has 1 amide bonds. The number of carbonyl (C=O) groups excluding carboxylic acids is 1. The summed E-state index contributed by atoms with van der Waals surface area (Å²) in [5, 5.41) is 10.6. The van der Waals surface area contributed by atoms with Crippen LogP contribution in [0.3, 0.4) is 0 Å². The summed E-state index contributed by atoms with van der Waals surface area (Å²) in [6.07, 6.45) is 0.203. The maximum absolute atomic E-state index is 11.9. The Morgan fingerprint density at radius 3 is 2.42 bits per heavy atom. The van der Waals surface area contributed by atoms with Gasteiger partial charge in [0.1, 0.15) is 0 Å². The topological polar surface area (TPSA) is 101 Å². The molecule has 24 heavy (non-hydrogen) atoms. The molecule has 6 nitrogen and oxygen atoms in total. The first-order valence-corrected chi connectivity index (χ1v) is 9.47. The maximum atomic E-state index is 11.9. The second-order valence-corrected chi connectivity index (χ2v) is 7.68. The third-order valence-electron chi connectivity index (χ3n) is 2.98. The molecule has 0 spiro atoms. The Kier molecular flexibility index (Phi) is 6.05. The highest BCUT2D eigenvalue weighted by atomic mass is 79.9. The van der Waals surface area contributed by atoms with Crippen molar-refractivity contribution in [1.29, 1.82) is 0 Å². The van der Waals surface area contributed by atoms with Crippen molar-refractivity contribution in [2.45, 2.75) is 11.3 Å². The zero-order valence-electron chi connectivity index (χ0n) is 12.3. The number of thiocarbonyl (C=S) groups is 1. The highest BCUT2D eigenvalue weighted by Crippen LogP contribution is 2.25. The molecule has 2 aromatic rings. The smallest absolute Gasteiger partial charge is 0.238 e. The predicted octanol–water partition coefficient (Wildman–Crippen LogP) is 2.15. The van der Waals surface area contributed by atoms with Crippen LogP contribution in [0.25, 0.3) is 0 Å². The van der Waals surface area contributed by atoms with Gasteiger partial charge in [-0.1, -0.05) is 30.3 Å². The molecule has 2 aromatic carbocycles. The first-order chi connectivity index (χ1) is 11.3. The van der Waals surface area contributed by atoms with Gasteiger partial charge in [0.15, 0.2) is 5.11 Å². The van der Waals surface area contributed by atoms with E-state index in [4.69, 9.17) is 17.4 Å². The molecule has 0 aromatic heterocycles. The minimum atomic E-state index is -3.78. The van der Waals surface area contributed by atoms with Crippen molar-refractivity contribution in [2.24, 2.45) is 5.14 Å². The number of sulfonamides is 1. The molecule has 0 saturated heterocycles. The van der Waals surface area contributed by atoms with E-state index in [0.717, 1.165) is 5.56 Å². The van der Waals surface area contributed by atoms with Crippen molar-refractivity contribution in [1.82, 2.24) is 5.32 Å². The van der Waals surface area contributed by atoms with Gasteiger partial charge in [-0.3, -0.25) is 4.79 Å². The minimum Gasteiger partial charge on any atom is -0.331 e. The average molecular weight is 428 g/mol. The Morgan fingerprint density at radius 2 is 1.83 bits per heavy atom. The van der Waals surface area contributed by atoms with Crippen molar-refractivity contribution in [3.63, 3.8) is 0 Å². The normalized spacial score (nSPS) is 10.9. The van der Waals surface area contributed by atoms with E-state index < -0.39 is 10.0 Å². The molecule has 0 heterocycles. The summed E-state index contributed by atoms with van der Waals surface area (Å²) in [6.45, 7) is 0. The molecule has 0 fully saturated rings. The number of primary sulfonamides is 1. The molecule has 0 bridgehead atoms. The Hall–Kier alpha value is -1.81. The van der Waals surface area contributed by atoms with Crippen LogP contribution in [0.4, 0.5) is 5.69 Å². The van der Waals surface area contributed by atoms with Crippen LogP contribution in [0, 0.1) is 0 Å². The molecular formula is C15H14BrN3O3S2. The number of hydrogen-bond acceptors (Lipinski definition) is 4. The van der Waals surface area contributed by atoms with Crippen molar-refractivity contribution in [3.8, 4) is 0 Å². The van der Waals surface area contributed by atoms with Gasteiger partial charge in [0.25, 0.3) is 0 Å². The second kappa shape index (κ2) is 7.84. The van der Waals surface area contributed by atoms with Crippen LogP contribution in [0.15, 0.2) is 57.9 Å². The van der Waals surface area contributed by atoms with Crippen LogP contribution >= 0.6 is 28.1 Å². The van der Waals surface area contributed by atoms with Crippen LogP contribution in [-0.2, 0) is 21.2 Å². The number of carbonyl (C=O) groups is 1. The first-order valence-electron chi connectivity index (χ1n) is 6.73. The lowest BCUT2D eigenvalue weighted by Gasteiger charge is -2.12. The van der Waals surface area contributed by atoms with Crippen LogP contribution in [0.2, 0.25) is 0 Å². The molecule has 0 aliphatic carbocycles. The van der Waals surface area contributed by atoms with Gasteiger partial charge in [-0.2, -0.15) is 0 Å². The number of hydrogen-bond donors (Lipinski definition) is 3. The number of rotatable bonds is 4. The average Bonchev–Trinajstić information content (AvgIpc) is 2.49. The highest BCUT2D eigenvalue weighted by molar-refractivity contribution is 9.10. The van der Waals surface area contributed by atoms with E-state index in [1.54, 1.807) is 0 Å². The van der Waals surface area contributed by atoms with Crippen LogP contribution < -0.4 is 15.8 Å². The number of nitrogens with two attached hydrogens (primary N) is 1. The third-order valence-corrected chi connectivity index (χ3v) is 4.75. The van der Waals surface area contributed by atoms with Crippen molar-refractivity contribution in [2.75, 3.05) is 5.32 Å². The predicted molar refractivity (Wildman–Crippen MR) is 100 cm³/mol. The zero-order valence-corrected chi connectivity index (χ0v) is 15.5. The number of nitrogens with one attached hydrogen (secondary N) is 2. The molecule has 0 radical (unpaired) electrons. The molecule has 0 saturated carbocycles. The van der Waals surface area contributed by atoms with E-state index in [2.05, 4.69) is 26.6 Å². The lowest BCUT2D eigenvalue weighted by Crippen LogP contribution is -2.35. The highest BCUT2D eigenvalue weighted by Gasteiger charge is 2.12. The van der Waals surface area contributed by atoms with Gasteiger partial charge in [-0.25, -0.2) is 13.6 Å². The van der Waals surface area contributed by atoms with Gasteiger partial charge >= 0.3 is 0 Å². The molecule has 4 N–H and O–H groups in total. The van der Waals surface area contributed by atoms with E-state index in [1.165, 1.54) is 18.2 Å². The molecule has 0 unspecified atom stereocenters. The molecule has 9 heteroatoms. The number of halogens is 1. The monoisotopic (exact) mass is 427 g/mol. The fourth-order valence-corrected chi connectivity index (χ4v) is 3.27. The summed E-state index contributed by atoms with van der Waals surface area (Å²) in [6, 6.07) is 13.5. The summed E-state index contributed by atoms with van der Waals surface area (Å²) < 4.78 is 23.0. The number of anilines is 1. The minimum absolute atomic E-state index is 0.0287. The summed E-state index contributed by atoms with van der Waals surface area (Å²) in [7, 11) is -3.78. The quantitative estimate of drug-likeness (QED) is 0.648. The van der Waals surface area contributed by atoms with E-state index in [-0.39, 0.29) is 22.3 Å². The Balaban J connectivity index is 1.98. The lowest BCUT2D eigenvalue weighted by molar-refractivity contribution is -0.119. The van der Waals surface area contributed by atoms with Crippen molar-refractivity contribution in [3.05, 3.63) is 58.6 Å². The van der Waals surface area contributed by atoms with Crippen LogP contribution in [-0.4, -0.2) is 19.4 Å². The molecule has 2 rings (SSSR count). The van der Waals surface area contributed by atoms with Gasteiger partial charge in [-0.05, 0) is 51.9 Å². The van der Waals surface area contributed by atoms with Crippen LogP contribution in [0.5, 0.6) is 0 Å². The SMILES string of the molecule is NS(=O)(=O)c1ccc(NC(=S)NC(=O)Cc2ccccc2)c(Br)c1. The van der Waals surface area contributed by atoms with Gasteiger partial charge in [0.05, 0.1) is 17.0 Å². The molecular weight excluding hydrogens is 414 g/mol. The summed E-state index contributed by atoms with van der Waals surface area (Å²) in [4.78, 5) is 11.9. The van der Waals surface area contributed by atoms with Gasteiger partial charge in [0.2, 0.25) is 15.9 Å². The van der Waals surface area contributed by atoms with Gasteiger partial charge in [-0.15, -0.1) is 0 Å². The number of amides is 1. The van der Waals surface area contributed by atoms with Crippen LogP contribution in [0.1, 0.15) is 5.56 Å². The van der Waals surface area contributed by atoms with Crippen molar-refractivity contribution < 1.29 is 13.2 Å². The molecule has 0 aliphatic heterocycles. The van der Waals surface area contributed by atoms with Crippen molar-refractivity contribution >= 4 is 54.9 Å². The van der Waals surface area contributed by atoms with E-state index in [0.29, 0.717) is 10.2 Å². The van der Waals surface area contributed by atoms with Gasteiger partial charge < -0.3 is 10.6 Å². The lowest BCUT2D eigenvalue weighted by atomic mass is 10.1. The summed E-state index contributed by atoms with van der Waals surface area (Å²) in [5.74, 6) is -0.254. The number of benzene rings is 2.